The molecule has 1 fully saturated rings. The number of aryl methyl sites for hydroxylation is 1. The Labute approximate surface area is 104 Å². The molecular weight excluding hydrogens is 268 g/mol. The minimum absolute atomic E-state index is 0.0911. The summed E-state index contributed by atoms with van der Waals surface area (Å²) in [5.41, 5.74) is 3.50. The van der Waals surface area contributed by atoms with E-state index < -0.39 is 5.97 Å². The minimum atomic E-state index is -0.700. The first-order chi connectivity index (χ1) is 7.46. The van der Waals surface area contributed by atoms with Gasteiger partial charge >= 0.3 is 5.97 Å². The van der Waals surface area contributed by atoms with Crippen LogP contribution in [0.5, 0.6) is 0 Å². The number of hydrogen-bond acceptors (Lipinski definition) is 1. The van der Waals surface area contributed by atoms with E-state index >= 15 is 0 Å². The lowest BCUT2D eigenvalue weighted by Crippen LogP contribution is -2.14. The van der Waals surface area contributed by atoms with Gasteiger partial charge in [-0.3, -0.25) is 4.79 Å². The van der Waals surface area contributed by atoms with E-state index in [1.165, 1.54) is 16.7 Å². The summed E-state index contributed by atoms with van der Waals surface area (Å²) in [6, 6.07) is 4.15. The van der Waals surface area contributed by atoms with Crippen molar-refractivity contribution >= 4 is 21.9 Å². The second-order valence-electron chi connectivity index (χ2n) is 4.72. The van der Waals surface area contributed by atoms with E-state index in [-0.39, 0.29) is 11.8 Å². The van der Waals surface area contributed by atoms with Gasteiger partial charge in [-0.1, -0.05) is 28.1 Å². The van der Waals surface area contributed by atoms with Crippen LogP contribution in [0.2, 0.25) is 0 Å². The third-order valence-corrected chi connectivity index (χ3v) is 4.71. The van der Waals surface area contributed by atoms with Gasteiger partial charge in [-0.15, -0.1) is 0 Å². The average Bonchev–Trinajstić information content (AvgIpc) is 2.94. The highest BCUT2D eigenvalue weighted by atomic mass is 79.9. The van der Waals surface area contributed by atoms with E-state index in [0.717, 1.165) is 17.3 Å². The van der Waals surface area contributed by atoms with Crippen LogP contribution >= 0.6 is 15.9 Å². The zero-order valence-corrected chi connectivity index (χ0v) is 11.1. The van der Waals surface area contributed by atoms with Gasteiger partial charge in [-0.25, -0.2) is 0 Å². The van der Waals surface area contributed by atoms with E-state index in [1.54, 1.807) is 0 Å². The third kappa shape index (κ3) is 1.88. The van der Waals surface area contributed by atoms with Crippen molar-refractivity contribution in [2.24, 2.45) is 0 Å². The quantitative estimate of drug-likeness (QED) is 0.920. The molecule has 1 aromatic carbocycles. The molecule has 16 heavy (non-hydrogen) atoms. The molecule has 0 atom stereocenters. The zero-order valence-electron chi connectivity index (χ0n) is 9.51. The number of benzene rings is 1. The van der Waals surface area contributed by atoms with Crippen molar-refractivity contribution in [2.75, 3.05) is 0 Å². The van der Waals surface area contributed by atoms with Crippen molar-refractivity contribution in [2.45, 2.75) is 38.5 Å². The number of carbonyl (C=O) groups is 1. The lowest BCUT2D eigenvalue weighted by atomic mass is 9.88. The largest absolute Gasteiger partial charge is 0.481 e. The molecule has 1 N–H and O–H groups in total. The molecule has 0 heterocycles. The molecule has 3 heteroatoms. The number of aliphatic carboxylic acids is 1. The molecule has 0 aromatic heterocycles. The molecule has 0 unspecified atom stereocenters. The predicted molar refractivity (Wildman–Crippen MR) is 66.8 cm³/mol. The third-order valence-electron chi connectivity index (χ3n) is 3.49. The number of halogens is 1. The molecule has 1 aliphatic rings. The zero-order chi connectivity index (χ0) is 11.9. The summed E-state index contributed by atoms with van der Waals surface area (Å²) >= 11 is 3.57. The van der Waals surface area contributed by atoms with Crippen molar-refractivity contribution in [3.8, 4) is 0 Å². The maximum atomic E-state index is 10.9. The predicted octanol–water partition coefficient (Wildman–Crippen LogP) is 3.57. The molecule has 1 saturated carbocycles. The number of carboxylic acid groups (broad SMARTS) is 1. The summed E-state index contributed by atoms with van der Waals surface area (Å²) in [4.78, 5) is 10.9. The van der Waals surface area contributed by atoms with Crippen LogP contribution in [0.3, 0.4) is 0 Å². The van der Waals surface area contributed by atoms with Crippen LogP contribution in [0, 0.1) is 13.8 Å². The lowest BCUT2D eigenvalue weighted by molar-refractivity contribution is -0.137. The molecule has 0 amide bonds. The number of hydrogen-bond donors (Lipinski definition) is 1. The normalized spacial score (nSPS) is 17.2. The van der Waals surface area contributed by atoms with Gasteiger partial charge < -0.3 is 5.11 Å². The first-order valence-electron chi connectivity index (χ1n) is 5.44. The van der Waals surface area contributed by atoms with Crippen LogP contribution in [-0.2, 0) is 10.2 Å². The Bertz CT molecular complexity index is 447. The van der Waals surface area contributed by atoms with Crippen LogP contribution in [0.25, 0.3) is 0 Å². The molecule has 0 aliphatic heterocycles. The smallest absolute Gasteiger partial charge is 0.304 e. The Morgan fingerprint density at radius 3 is 2.56 bits per heavy atom. The summed E-state index contributed by atoms with van der Waals surface area (Å²) in [5.74, 6) is -0.700. The molecule has 2 nitrogen and oxygen atoms in total. The van der Waals surface area contributed by atoms with E-state index in [9.17, 15) is 4.79 Å². The van der Waals surface area contributed by atoms with E-state index in [1.807, 2.05) is 0 Å². The molecule has 0 bridgehead atoms. The second kappa shape index (κ2) is 3.88. The van der Waals surface area contributed by atoms with Crippen molar-refractivity contribution in [3.63, 3.8) is 0 Å². The molecule has 0 saturated heterocycles. The van der Waals surface area contributed by atoms with Gasteiger partial charge in [0.1, 0.15) is 0 Å². The molecule has 1 aromatic rings. The molecule has 0 radical (unpaired) electrons. The van der Waals surface area contributed by atoms with E-state index in [4.69, 9.17) is 5.11 Å². The van der Waals surface area contributed by atoms with Crippen molar-refractivity contribution in [3.05, 3.63) is 33.3 Å². The maximum Gasteiger partial charge on any atom is 0.304 e. The average molecular weight is 283 g/mol. The number of rotatable bonds is 3. The van der Waals surface area contributed by atoms with Gasteiger partial charge in [0.15, 0.2) is 0 Å². The van der Waals surface area contributed by atoms with Gasteiger partial charge in [0, 0.05) is 9.89 Å². The van der Waals surface area contributed by atoms with E-state index in [0.29, 0.717) is 0 Å². The van der Waals surface area contributed by atoms with Crippen LogP contribution in [0.1, 0.15) is 36.0 Å². The van der Waals surface area contributed by atoms with E-state index in [2.05, 4.69) is 41.9 Å². The second-order valence-corrected chi connectivity index (χ2v) is 5.51. The van der Waals surface area contributed by atoms with Crippen LogP contribution in [0.4, 0.5) is 0 Å². The molecule has 0 spiro atoms. The summed E-state index contributed by atoms with van der Waals surface area (Å²) < 4.78 is 1.11. The summed E-state index contributed by atoms with van der Waals surface area (Å²) in [5, 5.41) is 8.95. The SMILES string of the molecule is Cc1ccc(C2(CC(=O)O)CC2)c(C)c1Br. The highest BCUT2D eigenvalue weighted by Gasteiger charge is 2.46. The van der Waals surface area contributed by atoms with Crippen molar-refractivity contribution < 1.29 is 9.90 Å². The molecular formula is C13H15BrO2. The maximum absolute atomic E-state index is 10.9. The molecule has 2 rings (SSSR count). The molecule has 1 aliphatic carbocycles. The van der Waals surface area contributed by atoms with Crippen molar-refractivity contribution in [1.82, 2.24) is 0 Å². The van der Waals surface area contributed by atoms with Gasteiger partial charge in [-0.05, 0) is 43.4 Å². The fourth-order valence-electron chi connectivity index (χ4n) is 2.38. The Hall–Kier alpha value is -0.830. The minimum Gasteiger partial charge on any atom is -0.481 e. The summed E-state index contributed by atoms with van der Waals surface area (Å²) in [6.07, 6.45) is 2.24. The standard InChI is InChI=1S/C13H15BrO2/c1-8-3-4-10(9(2)12(8)14)13(5-6-13)7-11(15)16/h3-4H,5-7H2,1-2H3,(H,15,16). The fraction of sp³-hybridized carbons (Fsp3) is 0.462. The first-order valence-corrected chi connectivity index (χ1v) is 6.23. The van der Waals surface area contributed by atoms with Gasteiger partial charge in [0.25, 0.3) is 0 Å². The monoisotopic (exact) mass is 282 g/mol. The Morgan fingerprint density at radius 2 is 2.06 bits per heavy atom. The van der Waals surface area contributed by atoms with Gasteiger partial charge in [0.2, 0.25) is 0 Å². The molecule has 86 valence electrons. The van der Waals surface area contributed by atoms with Crippen LogP contribution < -0.4 is 0 Å². The van der Waals surface area contributed by atoms with Crippen LogP contribution in [-0.4, -0.2) is 11.1 Å². The lowest BCUT2D eigenvalue weighted by Gasteiger charge is -2.18. The van der Waals surface area contributed by atoms with Crippen molar-refractivity contribution in [1.29, 1.82) is 0 Å². The van der Waals surface area contributed by atoms with Gasteiger partial charge in [0.05, 0.1) is 6.42 Å². The first kappa shape index (κ1) is 11.6. The Kier molecular flexibility index (Phi) is 2.82. The number of carboxylic acids is 1. The van der Waals surface area contributed by atoms with Gasteiger partial charge in [-0.2, -0.15) is 0 Å². The Morgan fingerprint density at radius 1 is 1.44 bits per heavy atom. The summed E-state index contributed by atoms with van der Waals surface area (Å²) in [7, 11) is 0. The highest BCUT2D eigenvalue weighted by Crippen LogP contribution is 2.52. The topological polar surface area (TPSA) is 37.3 Å². The van der Waals surface area contributed by atoms with Crippen LogP contribution in [0.15, 0.2) is 16.6 Å². The highest BCUT2D eigenvalue weighted by molar-refractivity contribution is 9.10. The fourth-order valence-corrected chi connectivity index (χ4v) is 2.72. The summed E-state index contributed by atoms with van der Waals surface area (Å²) in [6.45, 7) is 4.12. The Balaban J connectivity index is 2.42.